The van der Waals surface area contributed by atoms with Crippen LogP contribution in [0.15, 0.2) is 29.4 Å². The van der Waals surface area contributed by atoms with E-state index in [1.54, 1.807) is 12.1 Å². The minimum Gasteiger partial charge on any atom is -0.490 e. The van der Waals surface area contributed by atoms with Crippen molar-refractivity contribution in [1.82, 2.24) is 5.43 Å². The highest BCUT2D eigenvalue weighted by Crippen LogP contribution is 2.42. The standard InChI is InChI=1S/C21H28N2O4/c1-4-25-18-11-16(12-19(26-5-2)20(18)27-6-3)21(24)23-22-13-17-10-14-7-8-15(17)9-14/h7-8,11-15,17H,4-6,9-10H2,1-3H3,(H,23,24)/b22-13-/t14-,15-,17-/m1/s1. The summed E-state index contributed by atoms with van der Waals surface area (Å²) in [5.41, 5.74) is 3.06. The van der Waals surface area contributed by atoms with Crippen LogP contribution < -0.4 is 19.6 Å². The van der Waals surface area contributed by atoms with Crippen LogP contribution in [0, 0.1) is 17.8 Å². The number of hydrogen-bond acceptors (Lipinski definition) is 5. The predicted octanol–water partition coefficient (Wildman–Crippen LogP) is 3.81. The van der Waals surface area contributed by atoms with Crippen LogP contribution in [-0.2, 0) is 0 Å². The van der Waals surface area contributed by atoms with Crippen LogP contribution in [0.2, 0.25) is 0 Å². The van der Waals surface area contributed by atoms with Gasteiger partial charge < -0.3 is 14.2 Å². The lowest BCUT2D eigenvalue weighted by atomic mass is 9.95. The predicted molar refractivity (Wildman–Crippen MR) is 105 cm³/mol. The summed E-state index contributed by atoms with van der Waals surface area (Å²) in [5, 5.41) is 4.19. The number of nitrogens with zero attached hydrogens (tertiary/aromatic N) is 1. The number of ether oxygens (including phenoxy) is 3. The molecule has 0 saturated heterocycles. The maximum atomic E-state index is 12.6. The molecular formula is C21H28N2O4. The fraction of sp³-hybridized carbons (Fsp3) is 0.524. The van der Waals surface area contributed by atoms with Gasteiger partial charge in [0, 0.05) is 17.7 Å². The van der Waals surface area contributed by atoms with Crippen molar-refractivity contribution in [2.75, 3.05) is 19.8 Å². The molecule has 146 valence electrons. The van der Waals surface area contributed by atoms with Gasteiger partial charge in [0.05, 0.1) is 19.8 Å². The minimum atomic E-state index is -0.296. The van der Waals surface area contributed by atoms with Crippen LogP contribution in [0.5, 0.6) is 17.2 Å². The maximum absolute atomic E-state index is 12.6. The number of hydrazone groups is 1. The topological polar surface area (TPSA) is 69.2 Å². The number of benzene rings is 1. The first-order chi connectivity index (χ1) is 13.2. The Morgan fingerprint density at radius 1 is 1.07 bits per heavy atom. The van der Waals surface area contributed by atoms with Crippen LogP contribution in [0.25, 0.3) is 0 Å². The zero-order valence-electron chi connectivity index (χ0n) is 16.2. The van der Waals surface area contributed by atoms with Gasteiger partial charge in [-0.3, -0.25) is 4.79 Å². The highest BCUT2D eigenvalue weighted by molar-refractivity contribution is 5.95. The molecule has 2 bridgehead atoms. The molecule has 2 aliphatic rings. The molecule has 27 heavy (non-hydrogen) atoms. The lowest BCUT2D eigenvalue weighted by Gasteiger charge is -2.16. The average Bonchev–Trinajstić information content (AvgIpc) is 3.27. The van der Waals surface area contributed by atoms with E-state index in [1.165, 1.54) is 6.42 Å². The summed E-state index contributed by atoms with van der Waals surface area (Å²) in [6.07, 6.45) is 8.75. The number of nitrogens with one attached hydrogen (secondary N) is 1. The number of carbonyl (C=O) groups excluding carboxylic acids is 1. The smallest absolute Gasteiger partial charge is 0.271 e. The Morgan fingerprint density at radius 3 is 2.26 bits per heavy atom. The SMILES string of the molecule is CCOc1cc(C(=O)N/N=C\[C@H]2C[C@@H]3C=C[C@@H]2C3)cc(OCC)c1OCC. The number of allylic oxidation sites excluding steroid dienone is 2. The molecule has 1 N–H and O–H groups in total. The molecule has 1 aromatic rings. The first kappa shape index (κ1) is 19.3. The molecule has 0 aliphatic heterocycles. The summed E-state index contributed by atoms with van der Waals surface area (Å²) in [6, 6.07) is 3.34. The van der Waals surface area contributed by atoms with Crippen LogP contribution in [0.3, 0.4) is 0 Å². The van der Waals surface area contributed by atoms with Crippen molar-refractivity contribution in [2.24, 2.45) is 22.9 Å². The Kier molecular flexibility index (Phi) is 6.37. The van der Waals surface area contributed by atoms with E-state index in [0.717, 1.165) is 6.42 Å². The van der Waals surface area contributed by atoms with Gasteiger partial charge >= 0.3 is 0 Å². The van der Waals surface area contributed by atoms with E-state index in [0.29, 0.717) is 60.4 Å². The zero-order chi connectivity index (χ0) is 19.2. The van der Waals surface area contributed by atoms with Crippen molar-refractivity contribution >= 4 is 12.1 Å². The van der Waals surface area contributed by atoms with E-state index in [2.05, 4.69) is 22.7 Å². The number of carbonyl (C=O) groups is 1. The third-order valence-corrected chi connectivity index (χ3v) is 4.93. The Balaban J connectivity index is 1.73. The average molecular weight is 372 g/mol. The molecule has 0 spiro atoms. The van der Waals surface area contributed by atoms with E-state index >= 15 is 0 Å². The van der Waals surface area contributed by atoms with Crippen LogP contribution in [0.4, 0.5) is 0 Å². The molecule has 2 aliphatic carbocycles. The molecule has 0 aromatic heterocycles. The minimum absolute atomic E-state index is 0.296. The molecule has 1 fully saturated rings. The molecule has 0 radical (unpaired) electrons. The second kappa shape index (κ2) is 8.93. The van der Waals surface area contributed by atoms with Gasteiger partial charge in [-0.2, -0.15) is 5.10 Å². The Bertz CT molecular complexity index is 702. The summed E-state index contributed by atoms with van der Waals surface area (Å²) in [7, 11) is 0. The van der Waals surface area contributed by atoms with Crippen molar-refractivity contribution in [3.8, 4) is 17.2 Å². The van der Waals surface area contributed by atoms with Crippen molar-refractivity contribution in [2.45, 2.75) is 33.6 Å². The quantitative estimate of drug-likeness (QED) is 0.407. The summed E-state index contributed by atoms with van der Waals surface area (Å²) in [4.78, 5) is 12.6. The van der Waals surface area contributed by atoms with Gasteiger partial charge in [-0.15, -0.1) is 0 Å². The zero-order valence-corrected chi connectivity index (χ0v) is 16.2. The van der Waals surface area contributed by atoms with E-state index < -0.39 is 0 Å². The fourth-order valence-corrected chi connectivity index (χ4v) is 3.77. The van der Waals surface area contributed by atoms with Gasteiger partial charge in [0.2, 0.25) is 5.75 Å². The van der Waals surface area contributed by atoms with Gasteiger partial charge in [-0.25, -0.2) is 5.43 Å². The molecule has 1 aromatic carbocycles. The largest absolute Gasteiger partial charge is 0.490 e. The molecule has 0 heterocycles. The van der Waals surface area contributed by atoms with Crippen molar-refractivity contribution in [3.63, 3.8) is 0 Å². The molecule has 1 saturated carbocycles. The fourth-order valence-electron chi connectivity index (χ4n) is 3.77. The molecule has 3 atom stereocenters. The number of rotatable bonds is 9. The molecule has 3 rings (SSSR count). The van der Waals surface area contributed by atoms with Crippen LogP contribution >= 0.6 is 0 Å². The second-order valence-corrected chi connectivity index (χ2v) is 6.76. The summed E-state index contributed by atoms with van der Waals surface area (Å²) >= 11 is 0. The lowest BCUT2D eigenvalue weighted by Crippen LogP contribution is -2.20. The summed E-state index contributed by atoms with van der Waals surface area (Å²) in [5.74, 6) is 2.88. The summed E-state index contributed by atoms with van der Waals surface area (Å²) < 4.78 is 17.0. The van der Waals surface area contributed by atoms with Gasteiger partial charge in [0.25, 0.3) is 5.91 Å². The van der Waals surface area contributed by atoms with Gasteiger partial charge in [-0.05, 0) is 57.6 Å². The van der Waals surface area contributed by atoms with Crippen LogP contribution in [0.1, 0.15) is 44.0 Å². The number of amides is 1. The first-order valence-electron chi connectivity index (χ1n) is 9.74. The lowest BCUT2D eigenvalue weighted by molar-refractivity contribution is 0.0953. The number of hydrogen-bond donors (Lipinski definition) is 1. The van der Waals surface area contributed by atoms with Gasteiger partial charge in [0.1, 0.15) is 0 Å². The first-order valence-corrected chi connectivity index (χ1v) is 9.74. The van der Waals surface area contributed by atoms with Gasteiger partial charge in [0.15, 0.2) is 11.5 Å². The third-order valence-electron chi connectivity index (χ3n) is 4.93. The highest BCUT2D eigenvalue weighted by Gasteiger charge is 2.34. The molecule has 6 heteroatoms. The van der Waals surface area contributed by atoms with Crippen molar-refractivity contribution in [3.05, 3.63) is 29.8 Å². The molecule has 6 nitrogen and oxygen atoms in total. The molecule has 0 unspecified atom stereocenters. The Labute approximate surface area is 160 Å². The van der Waals surface area contributed by atoms with Crippen molar-refractivity contribution < 1.29 is 19.0 Å². The maximum Gasteiger partial charge on any atom is 0.271 e. The van der Waals surface area contributed by atoms with Gasteiger partial charge in [-0.1, -0.05) is 12.2 Å². The van der Waals surface area contributed by atoms with E-state index in [9.17, 15) is 4.79 Å². The Morgan fingerprint density at radius 2 is 1.74 bits per heavy atom. The third kappa shape index (κ3) is 4.43. The van der Waals surface area contributed by atoms with E-state index in [1.807, 2.05) is 27.0 Å². The van der Waals surface area contributed by atoms with Crippen molar-refractivity contribution in [1.29, 1.82) is 0 Å². The highest BCUT2D eigenvalue weighted by atomic mass is 16.5. The second-order valence-electron chi connectivity index (χ2n) is 6.76. The molecule has 1 amide bonds. The molecular weight excluding hydrogens is 344 g/mol. The monoisotopic (exact) mass is 372 g/mol. The van der Waals surface area contributed by atoms with E-state index in [4.69, 9.17) is 14.2 Å². The normalized spacial score (nSPS) is 23.0. The Hall–Kier alpha value is -2.50. The summed E-state index contributed by atoms with van der Waals surface area (Å²) in [6.45, 7) is 7.08. The van der Waals surface area contributed by atoms with E-state index in [-0.39, 0.29) is 5.91 Å². The van der Waals surface area contributed by atoms with Crippen LogP contribution in [-0.4, -0.2) is 31.9 Å². The number of fused-ring (bicyclic) bond motifs is 2.